The number of pyridine rings is 1. The van der Waals surface area contributed by atoms with E-state index in [1.165, 1.54) is 5.56 Å². The van der Waals surface area contributed by atoms with Gasteiger partial charge in [-0.1, -0.05) is 11.6 Å². The third-order valence-corrected chi connectivity index (χ3v) is 2.88. The lowest BCUT2D eigenvalue weighted by Crippen LogP contribution is -2.09. The summed E-state index contributed by atoms with van der Waals surface area (Å²) < 4.78 is 0. The van der Waals surface area contributed by atoms with Gasteiger partial charge < -0.3 is 10.4 Å². The van der Waals surface area contributed by atoms with E-state index < -0.39 is 5.97 Å². The number of carboxylic acid groups (broad SMARTS) is 1. The molecule has 1 aromatic carbocycles. The zero-order valence-electron chi connectivity index (χ0n) is 10.8. The van der Waals surface area contributed by atoms with Gasteiger partial charge in [-0.25, -0.2) is 4.79 Å². The number of nitrogens with one attached hydrogen (secondary N) is 1. The molecule has 0 amide bonds. The molecule has 0 saturated carbocycles. The molecule has 0 aliphatic rings. The molecule has 2 aromatic rings. The van der Waals surface area contributed by atoms with Crippen LogP contribution in [0.1, 0.15) is 21.5 Å². The number of anilines is 1. The number of nitrogens with zero attached hydrogens (tertiary/aromatic N) is 1. The summed E-state index contributed by atoms with van der Waals surface area (Å²) in [6, 6.07) is 9.30. The number of hydrogen-bond acceptors (Lipinski definition) is 3. The summed E-state index contributed by atoms with van der Waals surface area (Å²) in [5, 5.41) is 12.3. The summed E-state index contributed by atoms with van der Waals surface area (Å²) in [4.78, 5) is 15.1. The van der Waals surface area contributed by atoms with E-state index in [1.54, 1.807) is 18.5 Å². The van der Waals surface area contributed by atoms with Crippen LogP contribution < -0.4 is 5.32 Å². The first-order valence-corrected chi connectivity index (χ1v) is 6.13. The van der Waals surface area contributed by atoms with Crippen molar-refractivity contribution in [2.75, 3.05) is 11.9 Å². The standard InChI is InChI=1S/C15H16N2O2/c1-11-2-3-14(13(10-11)15(18)19)17-9-6-12-4-7-16-8-5-12/h2-5,7-8,10,17H,6,9H2,1H3,(H,18,19). The van der Waals surface area contributed by atoms with Gasteiger partial charge in [0.15, 0.2) is 0 Å². The maximum Gasteiger partial charge on any atom is 0.337 e. The van der Waals surface area contributed by atoms with E-state index >= 15 is 0 Å². The summed E-state index contributed by atoms with van der Waals surface area (Å²) >= 11 is 0. The number of carboxylic acids is 1. The van der Waals surface area contributed by atoms with Gasteiger partial charge in [0.05, 0.1) is 5.56 Å². The van der Waals surface area contributed by atoms with Crippen LogP contribution in [0.2, 0.25) is 0 Å². The van der Waals surface area contributed by atoms with Gasteiger partial charge in [0.1, 0.15) is 0 Å². The number of aryl methyl sites for hydroxylation is 1. The van der Waals surface area contributed by atoms with Crippen LogP contribution in [-0.2, 0) is 6.42 Å². The van der Waals surface area contributed by atoms with Gasteiger partial charge >= 0.3 is 5.97 Å². The van der Waals surface area contributed by atoms with Gasteiger partial charge in [0.25, 0.3) is 0 Å². The van der Waals surface area contributed by atoms with Crippen molar-refractivity contribution in [3.63, 3.8) is 0 Å². The Labute approximate surface area is 112 Å². The molecule has 19 heavy (non-hydrogen) atoms. The van der Waals surface area contributed by atoms with Gasteiger partial charge in [0.2, 0.25) is 0 Å². The lowest BCUT2D eigenvalue weighted by atomic mass is 10.1. The van der Waals surface area contributed by atoms with Gasteiger partial charge in [-0.15, -0.1) is 0 Å². The second kappa shape index (κ2) is 6.00. The first-order chi connectivity index (χ1) is 9.16. The average molecular weight is 256 g/mol. The second-order valence-electron chi connectivity index (χ2n) is 4.39. The number of aromatic nitrogens is 1. The molecule has 0 unspecified atom stereocenters. The van der Waals surface area contributed by atoms with Crippen LogP contribution in [0.5, 0.6) is 0 Å². The van der Waals surface area contributed by atoms with Gasteiger partial charge in [-0.05, 0) is 43.2 Å². The van der Waals surface area contributed by atoms with Crippen LogP contribution in [0.25, 0.3) is 0 Å². The molecule has 98 valence electrons. The fraction of sp³-hybridized carbons (Fsp3) is 0.200. The Morgan fingerprint density at radius 3 is 2.68 bits per heavy atom. The molecule has 0 aliphatic carbocycles. The third-order valence-electron chi connectivity index (χ3n) is 2.88. The summed E-state index contributed by atoms with van der Waals surface area (Å²) in [6.45, 7) is 2.57. The van der Waals surface area contributed by atoms with Crippen LogP contribution in [0.4, 0.5) is 5.69 Å². The molecule has 0 saturated heterocycles. The minimum atomic E-state index is -0.907. The Kier molecular flexibility index (Phi) is 4.13. The lowest BCUT2D eigenvalue weighted by molar-refractivity contribution is 0.0698. The van der Waals surface area contributed by atoms with Crippen molar-refractivity contribution in [1.29, 1.82) is 0 Å². The minimum Gasteiger partial charge on any atom is -0.478 e. The zero-order chi connectivity index (χ0) is 13.7. The highest BCUT2D eigenvalue weighted by molar-refractivity contribution is 5.94. The van der Waals surface area contributed by atoms with Crippen LogP contribution in [-0.4, -0.2) is 22.6 Å². The van der Waals surface area contributed by atoms with E-state index in [1.807, 2.05) is 31.2 Å². The lowest BCUT2D eigenvalue weighted by Gasteiger charge is -2.10. The Bertz CT molecular complexity index is 568. The summed E-state index contributed by atoms with van der Waals surface area (Å²) in [5.74, 6) is -0.907. The molecule has 0 aliphatic heterocycles. The smallest absolute Gasteiger partial charge is 0.337 e. The largest absolute Gasteiger partial charge is 0.478 e. The Hall–Kier alpha value is -2.36. The van der Waals surface area contributed by atoms with Crippen molar-refractivity contribution in [1.82, 2.24) is 4.98 Å². The fourth-order valence-corrected chi connectivity index (χ4v) is 1.88. The fourth-order valence-electron chi connectivity index (χ4n) is 1.88. The minimum absolute atomic E-state index is 0.315. The van der Waals surface area contributed by atoms with Gasteiger partial charge in [-0.2, -0.15) is 0 Å². The number of carbonyl (C=O) groups is 1. The highest BCUT2D eigenvalue weighted by Crippen LogP contribution is 2.17. The molecule has 4 nitrogen and oxygen atoms in total. The van der Waals surface area contributed by atoms with Crippen LogP contribution in [0, 0.1) is 6.92 Å². The maximum absolute atomic E-state index is 11.2. The quantitative estimate of drug-likeness (QED) is 0.863. The predicted octanol–water partition coefficient (Wildman–Crippen LogP) is 2.74. The number of aromatic carboxylic acids is 1. The highest BCUT2D eigenvalue weighted by atomic mass is 16.4. The molecule has 0 spiro atoms. The molecule has 2 N–H and O–H groups in total. The topological polar surface area (TPSA) is 62.2 Å². The normalized spacial score (nSPS) is 10.2. The van der Waals surface area contributed by atoms with Crippen molar-refractivity contribution in [2.24, 2.45) is 0 Å². The second-order valence-corrected chi connectivity index (χ2v) is 4.39. The van der Waals surface area contributed by atoms with Crippen LogP contribution in [0.15, 0.2) is 42.7 Å². The van der Waals surface area contributed by atoms with E-state index in [0.29, 0.717) is 17.8 Å². The van der Waals surface area contributed by atoms with E-state index in [9.17, 15) is 4.79 Å². The van der Waals surface area contributed by atoms with E-state index in [2.05, 4.69) is 10.3 Å². The molecule has 0 fully saturated rings. The molecule has 0 bridgehead atoms. The van der Waals surface area contributed by atoms with Crippen molar-refractivity contribution >= 4 is 11.7 Å². The van der Waals surface area contributed by atoms with Crippen molar-refractivity contribution in [3.05, 3.63) is 59.4 Å². The predicted molar refractivity (Wildman–Crippen MR) is 74.6 cm³/mol. The molecule has 4 heteroatoms. The average Bonchev–Trinajstić information content (AvgIpc) is 2.41. The van der Waals surface area contributed by atoms with E-state index in [4.69, 9.17) is 5.11 Å². The molecule has 2 rings (SSSR count). The van der Waals surface area contributed by atoms with Crippen molar-refractivity contribution < 1.29 is 9.90 Å². The summed E-state index contributed by atoms with van der Waals surface area (Å²) in [7, 11) is 0. The molecule has 0 radical (unpaired) electrons. The van der Waals surface area contributed by atoms with E-state index in [0.717, 1.165) is 12.0 Å². The highest BCUT2D eigenvalue weighted by Gasteiger charge is 2.09. The maximum atomic E-state index is 11.2. The first kappa shape index (κ1) is 13.1. The van der Waals surface area contributed by atoms with Crippen molar-refractivity contribution in [2.45, 2.75) is 13.3 Å². The molecule has 1 aromatic heterocycles. The summed E-state index contributed by atoms with van der Waals surface area (Å²) in [6.07, 6.45) is 4.34. The van der Waals surface area contributed by atoms with Gasteiger partial charge in [0, 0.05) is 24.6 Å². The Morgan fingerprint density at radius 2 is 2.00 bits per heavy atom. The molecular weight excluding hydrogens is 240 g/mol. The zero-order valence-corrected chi connectivity index (χ0v) is 10.8. The monoisotopic (exact) mass is 256 g/mol. The summed E-state index contributed by atoms with van der Waals surface area (Å²) in [5.41, 5.74) is 3.09. The number of hydrogen-bond donors (Lipinski definition) is 2. The van der Waals surface area contributed by atoms with Crippen LogP contribution in [0.3, 0.4) is 0 Å². The number of benzene rings is 1. The van der Waals surface area contributed by atoms with E-state index in [-0.39, 0.29) is 0 Å². The Balaban J connectivity index is 2.02. The number of rotatable bonds is 5. The molecule has 1 heterocycles. The van der Waals surface area contributed by atoms with Crippen molar-refractivity contribution in [3.8, 4) is 0 Å². The first-order valence-electron chi connectivity index (χ1n) is 6.13. The molecule has 0 atom stereocenters. The van der Waals surface area contributed by atoms with Crippen LogP contribution >= 0.6 is 0 Å². The van der Waals surface area contributed by atoms with Gasteiger partial charge in [-0.3, -0.25) is 4.98 Å². The molecular formula is C15H16N2O2. The third kappa shape index (κ3) is 3.55. The SMILES string of the molecule is Cc1ccc(NCCc2ccncc2)c(C(=O)O)c1. The Morgan fingerprint density at radius 1 is 1.26 bits per heavy atom.